The second-order valence-electron chi connectivity index (χ2n) is 4.51. The molecule has 1 aliphatic rings. The maximum Gasteiger partial charge on any atom is 0.124 e. The summed E-state index contributed by atoms with van der Waals surface area (Å²) in [6.45, 7) is 2.46. The van der Waals surface area contributed by atoms with Gasteiger partial charge >= 0.3 is 0 Å². The van der Waals surface area contributed by atoms with Gasteiger partial charge in [-0.2, -0.15) is 0 Å². The van der Waals surface area contributed by atoms with Crippen molar-refractivity contribution in [3.63, 3.8) is 0 Å². The minimum absolute atomic E-state index is 0.135. The monoisotopic (exact) mass is 299 g/mol. The summed E-state index contributed by atoms with van der Waals surface area (Å²) in [5.74, 6) is -0.0803. The number of nitrogens with zero attached hydrogens (tertiary/aromatic N) is 1. The molecule has 0 bridgehead atoms. The van der Waals surface area contributed by atoms with E-state index in [2.05, 4.69) is 20.8 Å². The third-order valence-corrected chi connectivity index (χ3v) is 3.91. The largest absolute Gasteiger partial charge is 0.303 e. The molecule has 2 rings (SSSR count). The number of likely N-dealkylation sites (tertiary alicyclic amines) is 1. The third-order valence-electron chi connectivity index (χ3n) is 3.14. The Morgan fingerprint density at radius 1 is 1.53 bits per heavy atom. The summed E-state index contributed by atoms with van der Waals surface area (Å²) in [5.41, 5.74) is 0.941. The average molecular weight is 300 g/mol. The lowest BCUT2D eigenvalue weighted by molar-refractivity contribution is -0.112. The minimum atomic E-state index is -0.216. The smallest absolute Gasteiger partial charge is 0.124 e. The summed E-state index contributed by atoms with van der Waals surface area (Å²) in [6, 6.07) is 4.72. The zero-order valence-corrected chi connectivity index (χ0v) is 11.1. The van der Waals surface area contributed by atoms with E-state index in [-0.39, 0.29) is 11.7 Å². The first-order valence-corrected chi connectivity index (χ1v) is 6.60. The van der Waals surface area contributed by atoms with E-state index in [1.54, 1.807) is 12.1 Å². The zero-order valence-electron chi connectivity index (χ0n) is 9.53. The van der Waals surface area contributed by atoms with Crippen molar-refractivity contribution >= 4 is 22.2 Å². The highest BCUT2D eigenvalue weighted by atomic mass is 79.9. The van der Waals surface area contributed by atoms with Gasteiger partial charge in [0.1, 0.15) is 12.1 Å². The molecule has 1 heterocycles. The van der Waals surface area contributed by atoms with Crippen LogP contribution in [0.1, 0.15) is 18.4 Å². The molecular weight excluding hydrogens is 285 g/mol. The first-order chi connectivity index (χ1) is 8.19. The number of piperidine rings is 1. The molecule has 1 unspecified atom stereocenters. The summed E-state index contributed by atoms with van der Waals surface area (Å²) in [6.07, 6.45) is 3.05. The van der Waals surface area contributed by atoms with Crippen LogP contribution in [0.25, 0.3) is 0 Å². The molecule has 1 saturated heterocycles. The Hall–Kier alpha value is -0.740. The highest BCUT2D eigenvalue weighted by molar-refractivity contribution is 9.10. The van der Waals surface area contributed by atoms with E-state index in [0.717, 1.165) is 42.3 Å². The van der Waals surface area contributed by atoms with Gasteiger partial charge in [-0.1, -0.05) is 15.9 Å². The first kappa shape index (κ1) is 12.7. The quantitative estimate of drug-likeness (QED) is 0.800. The molecule has 4 heteroatoms. The molecule has 0 aliphatic carbocycles. The van der Waals surface area contributed by atoms with Crippen molar-refractivity contribution in [3.8, 4) is 0 Å². The second kappa shape index (κ2) is 5.74. The van der Waals surface area contributed by atoms with E-state index in [1.807, 2.05) is 0 Å². The fourth-order valence-electron chi connectivity index (χ4n) is 2.25. The molecule has 92 valence electrons. The maximum absolute atomic E-state index is 13.1. The Balaban J connectivity index is 2.04. The van der Waals surface area contributed by atoms with E-state index >= 15 is 0 Å². The summed E-state index contributed by atoms with van der Waals surface area (Å²) < 4.78 is 14.1. The first-order valence-electron chi connectivity index (χ1n) is 5.80. The van der Waals surface area contributed by atoms with Crippen LogP contribution in [0.15, 0.2) is 22.7 Å². The van der Waals surface area contributed by atoms with Gasteiger partial charge < -0.3 is 4.79 Å². The molecule has 2 nitrogen and oxygen atoms in total. The van der Waals surface area contributed by atoms with Crippen LogP contribution in [0.5, 0.6) is 0 Å². The Morgan fingerprint density at radius 3 is 3.12 bits per heavy atom. The van der Waals surface area contributed by atoms with Crippen LogP contribution in [-0.2, 0) is 11.3 Å². The Morgan fingerprint density at radius 2 is 2.35 bits per heavy atom. The Bertz CT molecular complexity index is 410. The van der Waals surface area contributed by atoms with E-state index in [0.29, 0.717) is 6.54 Å². The molecule has 1 atom stereocenters. The van der Waals surface area contributed by atoms with Gasteiger partial charge in [-0.15, -0.1) is 0 Å². The minimum Gasteiger partial charge on any atom is -0.303 e. The molecule has 1 fully saturated rings. The summed E-state index contributed by atoms with van der Waals surface area (Å²) >= 11 is 3.43. The zero-order chi connectivity index (χ0) is 12.3. The highest BCUT2D eigenvalue weighted by Gasteiger charge is 2.19. The number of hydrogen-bond acceptors (Lipinski definition) is 2. The predicted molar refractivity (Wildman–Crippen MR) is 68.2 cm³/mol. The fraction of sp³-hybridized carbons (Fsp3) is 0.462. The van der Waals surface area contributed by atoms with Crippen molar-refractivity contribution in [2.75, 3.05) is 13.1 Å². The van der Waals surface area contributed by atoms with Gasteiger partial charge in [0, 0.05) is 23.5 Å². The number of carbonyl (C=O) groups excluding carboxylic acids is 1. The molecule has 0 amide bonds. The van der Waals surface area contributed by atoms with Gasteiger partial charge in [-0.05, 0) is 43.1 Å². The number of halogens is 2. The highest BCUT2D eigenvalue weighted by Crippen LogP contribution is 2.22. The number of benzene rings is 1. The van der Waals surface area contributed by atoms with Gasteiger partial charge in [0.05, 0.1) is 0 Å². The standard InChI is InChI=1S/C13H15BrFNO/c14-13-4-3-12(15)6-11(13)8-16-5-1-2-10(7-16)9-17/h3-4,6,9-10H,1-2,5,7-8H2. The molecule has 0 saturated carbocycles. The van der Waals surface area contributed by atoms with Gasteiger partial charge in [0.25, 0.3) is 0 Å². The van der Waals surface area contributed by atoms with Crippen molar-refractivity contribution < 1.29 is 9.18 Å². The molecule has 0 N–H and O–H groups in total. The number of aldehydes is 1. The molecule has 1 aliphatic heterocycles. The second-order valence-corrected chi connectivity index (χ2v) is 5.36. The lowest BCUT2D eigenvalue weighted by atomic mass is 9.99. The Kier molecular flexibility index (Phi) is 4.29. The maximum atomic E-state index is 13.1. The van der Waals surface area contributed by atoms with Gasteiger partial charge in [0.2, 0.25) is 0 Å². The van der Waals surface area contributed by atoms with Crippen LogP contribution >= 0.6 is 15.9 Å². The van der Waals surface area contributed by atoms with Crippen molar-refractivity contribution in [3.05, 3.63) is 34.1 Å². The molecule has 0 radical (unpaired) electrons. The molecular formula is C13H15BrFNO. The molecule has 0 aromatic heterocycles. The summed E-state index contributed by atoms with van der Waals surface area (Å²) in [7, 11) is 0. The molecule has 0 spiro atoms. The lowest BCUT2D eigenvalue weighted by Gasteiger charge is -2.30. The van der Waals surface area contributed by atoms with E-state index in [9.17, 15) is 9.18 Å². The van der Waals surface area contributed by atoms with E-state index < -0.39 is 0 Å². The van der Waals surface area contributed by atoms with Crippen LogP contribution in [-0.4, -0.2) is 24.3 Å². The number of carbonyl (C=O) groups is 1. The van der Waals surface area contributed by atoms with Crippen molar-refractivity contribution in [1.82, 2.24) is 4.90 Å². The van der Waals surface area contributed by atoms with Gasteiger partial charge in [-0.3, -0.25) is 4.90 Å². The van der Waals surface area contributed by atoms with Crippen LogP contribution in [0, 0.1) is 11.7 Å². The lowest BCUT2D eigenvalue weighted by Crippen LogP contribution is -2.35. The average Bonchev–Trinajstić information content (AvgIpc) is 2.34. The normalized spacial score (nSPS) is 21.4. The predicted octanol–water partition coefficient (Wildman–Crippen LogP) is 3.00. The topological polar surface area (TPSA) is 20.3 Å². The fourth-order valence-corrected chi connectivity index (χ4v) is 2.62. The summed E-state index contributed by atoms with van der Waals surface area (Å²) in [4.78, 5) is 13.0. The van der Waals surface area contributed by atoms with Gasteiger partial charge in [-0.25, -0.2) is 4.39 Å². The van der Waals surface area contributed by atoms with Crippen molar-refractivity contribution in [2.45, 2.75) is 19.4 Å². The van der Waals surface area contributed by atoms with Crippen LogP contribution in [0.4, 0.5) is 4.39 Å². The van der Waals surface area contributed by atoms with Crippen LogP contribution in [0.3, 0.4) is 0 Å². The van der Waals surface area contributed by atoms with Crippen LogP contribution in [0.2, 0.25) is 0 Å². The number of rotatable bonds is 3. The van der Waals surface area contributed by atoms with E-state index in [1.165, 1.54) is 6.07 Å². The summed E-state index contributed by atoms with van der Waals surface area (Å²) in [5, 5.41) is 0. The molecule has 1 aromatic carbocycles. The molecule has 1 aromatic rings. The third kappa shape index (κ3) is 3.36. The number of hydrogen-bond donors (Lipinski definition) is 0. The molecule has 17 heavy (non-hydrogen) atoms. The Labute approximate surface area is 109 Å². The van der Waals surface area contributed by atoms with Crippen LogP contribution < -0.4 is 0 Å². The van der Waals surface area contributed by atoms with Crippen molar-refractivity contribution in [1.29, 1.82) is 0 Å². The SMILES string of the molecule is O=CC1CCCN(Cc2cc(F)ccc2Br)C1. The van der Waals surface area contributed by atoms with Crippen molar-refractivity contribution in [2.24, 2.45) is 5.92 Å². The van der Waals surface area contributed by atoms with E-state index in [4.69, 9.17) is 0 Å². The van der Waals surface area contributed by atoms with Gasteiger partial charge in [0.15, 0.2) is 0 Å².